The highest BCUT2D eigenvalue weighted by Crippen LogP contribution is 2.40. The van der Waals surface area contributed by atoms with E-state index in [-0.39, 0.29) is 34.3 Å². The molecule has 1 fully saturated rings. The zero-order chi connectivity index (χ0) is 32.4. The molecule has 3 aromatic rings. The average Bonchev–Trinajstić information content (AvgIpc) is 2.95. The molecule has 3 aromatic carbocycles. The summed E-state index contributed by atoms with van der Waals surface area (Å²) in [6.45, 7) is 10.1. The van der Waals surface area contributed by atoms with Crippen LogP contribution in [-0.2, 0) is 25.2 Å². The fourth-order valence-corrected chi connectivity index (χ4v) is 5.69. The Morgan fingerprint density at radius 3 is 2.05 bits per heavy atom. The molecule has 4 rings (SSSR count). The zero-order valence-corrected chi connectivity index (χ0v) is 26.1. The van der Waals surface area contributed by atoms with Crippen molar-refractivity contribution in [1.29, 1.82) is 0 Å². The molecule has 44 heavy (non-hydrogen) atoms. The average molecular weight is 637 g/mol. The lowest BCUT2D eigenvalue weighted by atomic mass is 10.0. The lowest BCUT2D eigenvalue weighted by molar-refractivity contribution is -0.138. The van der Waals surface area contributed by atoms with Crippen molar-refractivity contribution in [3.8, 4) is 0 Å². The van der Waals surface area contributed by atoms with Crippen LogP contribution in [0.1, 0.15) is 66.1 Å². The molecule has 0 N–H and O–H groups in total. The molecule has 0 aliphatic carbocycles. The van der Waals surface area contributed by atoms with E-state index in [2.05, 4.69) is 18.8 Å². The zero-order valence-electron chi connectivity index (χ0n) is 25.3. The first-order valence-corrected chi connectivity index (χ1v) is 14.8. The predicted molar refractivity (Wildman–Crippen MR) is 164 cm³/mol. The Bertz CT molecular complexity index is 1550. The third-order valence-electron chi connectivity index (χ3n) is 7.64. The van der Waals surface area contributed by atoms with Gasteiger partial charge < -0.3 is 9.80 Å². The van der Waals surface area contributed by atoms with Gasteiger partial charge in [0.15, 0.2) is 0 Å². The van der Waals surface area contributed by atoms with Gasteiger partial charge in [0, 0.05) is 23.7 Å². The van der Waals surface area contributed by atoms with Gasteiger partial charge in [0.05, 0.1) is 29.2 Å². The molecule has 236 valence electrons. The third-order valence-corrected chi connectivity index (χ3v) is 7.86. The highest BCUT2D eigenvalue weighted by molar-refractivity contribution is 6.31. The van der Waals surface area contributed by atoms with Crippen LogP contribution in [0.5, 0.6) is 0 Å². The second-order valence-electron chi connectivity index (χ2n) is 11.0. The molecule has 0 aromatic heterocycles. The summed E-state index contributed by atoms with van der Waals surface area (Å²) in [6.07, 6.45) is -7.30. The standard InChI is InChI=1S/C33H35ClF6N4/c1-6-23-10-8-11-24(7-2)30(23)41-22(5)43-12-9-13-44(19-43)31(25-16-26(32(35,36)37)18-27(34)17-25)42-29-21(4)14-20(3)15-28(29)33(38,39)40/h8,10-11,14-18H,6-7,9,12-13,19H2,1-5H3/b41-22+,42-31+. The van der Waals surface area contributed by atoms with E-state index >= 15 is 0 Å². The molecule has 4 nitrogen and oxygen atoms in total. The van der Waals surface area contributed by atoms with E-state index in [1.54, 1.807) is 17.9 Å². The van der Waals surface area contributed by atoms with Gasteiger partial charge in [-0.1, -0.05) is 55.3 Å². The molecule has 0 spiro atoms. The highest BCUT2D eigenvalue weighted by atomic mass is 35.5. The molecule has 1 saturated heterocycles. The number of halogens is 7. The van der Waals surface area contributed by atoms with Crippen LogP contribution in [0.3, 0.4) is 0 Å². The Morgan fingerprint density at radius 1 is 0.818 bits per heavy atom. The van der Waals surface area contributed by atoms with Gasteiger partial charge in [0.25, 0.3) is 0 Å². The number of amidine groups is 2. The van der Waals surface area contributed by atoms with Crippen molar-refractivity contribution in [2.75, 3.05) is 19.8 Å². The van der Waals surface area contributed by atoms with Gasteiger partial charge in [-0.25, -0.2) is 9.98 Å². The number of aryl methyl sites for hydroxylation is 4. The maximum Gasteiger partial charge on any atom is 0.418 e. The quantitative estimate of drug-likeness (QED) is 0.159. The molecule has 0 amide bonds. The molecule has 0 atom stereocenters. The Balaban J connectivity index is 1.87. The van der Waals surface area contributed by atoms with Crippen molar-refractivity contribution in [3.63, 3.8) is 0 Å². The topological polar surface area (TPSA) is 31.2 Å². The number of hydrogen-bond donors (Lipinski definition) is 0. The second kappa shape index (κ2) is 13.2. The van der Waals surface area contributed by atoms with Crippen LogP contribution in [-0.4, -0.2) is 41.2 Å². The van der Waals surface area contributed by atoms with Gasteiger partial charge in [-0.3, -0.25) is 0 Å². The lowest BCUT2D eigenvalue weighted by Gasteiger charge is -2.39. The van der Waals surface area contributed by atoms with Gasteiger partial charge in [0.1, 0.15) is 11.7 Å². The number of alkyl halides is 6. The van der Waals surface area contributed by atoms with Gasteiger partial charge in [0.2, 0.25) is 0 Å². The van der Waals surface area contributed by atoms with E-state index in [0.29, 0.717) is 30.9 Å². The van der Waals surface area contributed by atoms with Crippen LogP contribution >= 0.6 is 11.6 Å². The summed E-state index contributed by atoms with van der Waals surface area (Å²) in [6, 6.07) is 11.6. The molecule has 11 heteroatoms. The minimum absolute atomic E-state index is 0.0287. The Hall–Kier alpha value is -3.53. The van der Waals surface area contributed by atoms with E-state index in [4.69, 9.17) is 16.6 Å². The van der Waals surface area contributed by atoms with E-state index in [9.17, 15) is 26.3 Å². The number of nitrogens with zero attached hydrogens (tertiary/aromatic N) is 4. The molecule has 0 radical (unpaired) electrons. The van der Waals surface area contributed by atoms with Crippen LogP contribution in [0, 0.1) is 13.8 Å². The van der Waals surface area contributed by atoms with Crippen molar-refractivity contribution in [3.05, 3.63) is 92.5 Å². The lowest BCUT2D eigenvalue weighted by Crippen LogP contribution is -2.49. The summed E-state index contributed by atoms with van der Waals surface area (Å²) in [4.78, 5) is 13.1. The maximum absolute atomic E-state index is 14.2. The molecule has 0 bridgehead atoms. The number of para-hydroxylation sites is 1. The number of hydrogen-bond acceptors (Lipinski definition) is 2. The minimum atomic E-state index is -4.73. The van der Waals surface area contributed by atoms with Crippen molar-refractivity contribution in [2.45, 2.75) is 66.2 Å². The van der Waals surface area contributed by atoms with Crippen molar-refractivity contribution in [2.24, 2.45) is 9.98 Å². The molecule has 1 heterocycles. The monoisotopic (exact) mass is 636 g/mol. The summed E-state index contributed by atoms with van der Waals surface area (Å²) < 4.78 is 84.1. The Morgan fingerprint density at radius 2 is 1.45 bits per heavy atom. The highest BCUT2D eigenvalue weighted by Gasteiger charge is 2.36. The summed E-state index contributed by atoms with van der Waals surface area (Å²) in [5.41, 5.74) is 1.36. The fraction of sp³-hybridized carbons (Fsp3) is 0.394. The molecule has 0 unspecified atom stereocenters. The van der Waals surface area contributed by atoms with Crippen molar-refractivity contribution in [1.82, 2.24) is 9.80 Å². The fourth-order valence-electron chi connectivity index (χ4n) is 5.46. The summed E-state index contributed by atoms with van der Waals surface area (Å²) in [5.74, 6) is 0.658. The predicted octanol–water partition coefficient (Wildman–Crippen LogP) is 9.91. The maximum atomic E-state index is 14.2. The summed E-state index contributed by atoms with van der Waals surface area (Å²) in [5, 5.41) is -0.200. The molecule has 1 aliphatic heterocycles. The third kappa shape index (κ3) is 7.57. The van der Waals surface area contributed by atoms with Gasteiger partial charge in [-0.05, 0) is 81.0 Å². The molecular weight excluding hydrogens is 602 g/mol. The number of benzene rings is 3. The van der Waals surface area contributed by atoms with Crippen LogP contribution in [0.2, 0.25) is 5.02 Å². The number of rotatable bonds is 5. The van der Waals surface area contributed by atoms with Crippen LogP contribution in [0.4, 0.5) is 37.7 Å². The largest absolute Gasteiger partial charge is 0.418 e. The van der Waals surface area contributed by atoms with Crippen molar-refractivity contribution < 1.29 is 26.3 Å². The minimum Gasteiger partial charge on any atom is -0.342 e. The SMILES string of the molecule is CCc1cccc(CC)c1/N=C(\C)N1CCCN(/C(=N/c2c(C)cc(C)cc2C(F)(F)F)c2cc(Cl)cc(C(F)(F)F)c2)C1. The summed E-state index contributed by atoms with van der Waals surface area (Å²) >= 11 is 6.14. The first kappa shape index (κ1) is 33.4. The van der Waals surface area contributed by atoms with Crippen molar-refractivity contribution >= 4 is 34.6 Å². The van der Waals surface area contributed by atoms with Crippen LogP contribution in [0.25, 0.3) is 0 Å². The van der Waals surface area contributed by atoms with E-state index in [1.807, 2.05) is 30.0 Å². The summed E-state index contributed by atoms with van der Waals surface area (Å²) in [7, 11) is 0. The molecular formula is C33H35ClF6N4. The Kier molecular flexibility index (Phi) is 10.0. The molecule has 1 aliphatic rings. The van der Waals surface area contributed by atoms with E-state index in [0.717, 1.165) is 47.9 Å². The first-order valence-electron chi connectivity index (χ1n) is 14.4. The van der Waals surface area contributed by atoms with Crippen LogP contribution in [0.15, 0.2) is 58.5 Å². The second-order valence-corrected chi connectivity index (χ2v) is 11.4. The molecule has 0 saturated carbocycles. The Labute approximate surface area is 259 Å². The number of aliphatic imine (C=N–C) groups is 2. The smallest absolute Gasteiger partial charge is 0.342 e. The van der Waals surface area contributed by atoms with E-state index in [1.165, 1.54) is 13.0 Å². The van der Waals surface area contributed by atoms with E-state index < -0.39 is 23.5 Å². The normalized spacial score (nSPS) is 15.3. The van der Waals surface area contributed by atoms with Crippen LogP contribution < -0.4 is 0 Å². The van der Waals surface area contributed by atoms with Gasteiger partial charge in [-0.15, -0.1) is 0 Å². The van der Waals surface area contributed by atoms with Gasteiger partial charge in [-0.2, -0.15) is 26.3 Å². The van der Waals surface area contributed by atoms with Gasteiger partial charge >= 0.3 is 12.4 Å². The first-order chi connectivity index (χ1) is 20.6.